The molecule has 1 aromatic heterocycles. The van der Waals surface area contributed by atoms with Crippen molar-refractivity contribution in [3.05, 3.63) is 40.0 Å². The van der Waals surface area contributed by atoms with Crippen LogP contribution in [0.2, 0.25) is 0 Å². The number of pyridine rings is 1. The Morgan fingerprint density at radius 1 is 1.39 bits per heavy atom. The maximum atomic E-state index is 11.9. The second kappa shape index (κ2) is 8.75. The highest BCUT2D eigenvalue weighted by Gasteiger charge is 2.15. The minimum absolute atomic E-state index is 0.147. The molecule has 1 heterocycles. The van der Waals surface area contributed by atoms with Crippen LogP contribution in [0.5, 0.6) is 0 Å². The van der Waals surface area contributed by atoms with Crippen molar-refractivity contribution in [2.75, 3.05) is 6.54 Å². The second-order valence-electron chi connectivity index (χ2n) is 5.87. The topological polar surface area (TPSA) is 117 Å². The lowest BCUT2D eigenvalue weighted by molar-refractivity contribution is -0.154. The second-order valence-corrected chi connectivity index (χ2v) is 5.87. The number of nitrogens with one attached hydrogen (secondary N) is 1. The molecule has 1 N–H and O–H groups in total. The maximum Gasteiger partial charge on any atom is 0.306 e. The molecule has 0 unspecified atom stereocenters. The fourth-order valence-corrected chi connectivity index (χ4v) is 1.69. The van der Waals surface area contributed by atoms with Gasteiger partial charge in [-0.3, -0.25) is 14.6 Å². The molecular weight excluding hydrogens is 298 g/mol. The van der Waals surface area contributed by atoms with Crippen LogP contribution >= 0.6 is 0 Å². The molecule has 0 aromatic carbocycles. The van der Waals surface area contributed by atoms with Crippen LogP contribution in [0.25, 0.3) is 10.4 Å². The summed E-state index contributed by atoms with van der Waals surface area (Å²) in [7, 11) is 0. The van der Waals surface area contributed by atoms with Crippen molar-refractivity contribution < 1.29 is 14.3 Å². The van der Waals surface area contributed by atoms with Crippen molar-refractivity contribution in [2.45, 2.75) is 45.8 Å². The largest absolute Gasteiger partial charge is 0.460 e. The molecule has 0 aliphatic rings. The molecule has 0 saturated heterocycles. The van der Waals surface area contributed by atoms with E-state index in [1.54, 1.807) is 12.1 Å². The molecular formula is C15H21N5O3. The zero-order valence-electron chi connectivity index (χ0n) is 13.6. The van der Waals surface area contributed by atoms with E-state index in [-0.39, 0.29) is 24.8 Å². The van der Waals surface area contributed by atoms with E-state index in [0.717, 1.165) is 0 Å². The van der Waals surface area contributed by atoms with Gasteiger partial charge < -0.3 is 10.1 Å². The Kier molecular flexibility index (Phi) is 7.02. The molecule has 0 aliphatic heterocycles. The highest BCUT2D eigenvalue weighted by atomic mass is 16.6. The number of carbonyl (C=O) groups excluding carboxylic acids is 2. The predicted molar refractivity (Wildman–Crippen MR) is 84.5 cm³/mol. The van der Waals surface area contributed by atoms with E-state index >= 15 is 0 Å². The molecule has 0 fully saturated rings. The summed E-state index contributed by atoms with van der Waals surface area (Å²) in [5.41, 5.74) is 8.73. The third-order valence-electron chi connectivity index (χ3n) is 2.65. The van der Waals surface area contributed by atoms with Gasteiger partial charge in [0.15, 0.2) is 0 Å². The monoisotopic (exact) mass is 319 g/mol. The SMILES string of the molecule is CC(C)(C)OC(=O)CCCNC(=O)c1ccc(CN=[N+]=[N-])nc1. The van der Waals surface area contributed by atoms with Crippen molar-refractivity contribution in [3.8, 4) is 0 Å². The van der Waals surface area contributed by atoms with Gasteiger partial charge in [-0.05, 0) is 44.9 Å². The molecule has 23 heavy (non-hydrogen) atoms. The van der Waals surface area contributed by atoms with Crippen molar-refractivity contribution in [1.82, 2.24) is 10.3 Å². The van der Waals surface area contributed by atoms with E-state index < -0.39 is 5.60 Å². The van der Waals surface area contributed by atoms with Crippen molar-refractivity contribution in [1.29, 1.82) is 0 Å². The Balaban J connectivity index is 2.34. The summed E-state index contributed by atoms with van der Waals surface area (Å²) in [6, 6.07) is 3.24. The Morgan fingerprint density at radius 2 is 2.13 bits per heavy atom. The van der Waals surface area contributed by atoms with Gasteiger partial charge >= 0.3 is 5.97 Å². The fraction of sp³-hybridized carbons (Fsp3) is 0.533. The number of ether oxygens (including phenoxy) is 1. The molecule has 8 nitrogen and oxygen atoms in total. The molecule has 0 saturated carbocycles. The first-order chi connectivity index (χ1) is 10.8. The normalized spacial score (nSPS) is 10.6. The number of nitrogens with zero attached hydrogens (tertiary/aromatic N) is 4. The van der Waals surface area contributed by atoms with Crippen LogP contribution in [-0.4, -0.2) is 29.0 Å². The molecule has 0 radical (unpaired) electrons. The standard InChI is InChI=1S/C15H21N5O3/c1-15(2,3)23-13(21)5-4-8-17-14(22)11-6-7-12(18-9-11)10-19-20-16/h6-7,9H,4-5,8,10H2,1-3H3,(H,17,22). The van der Waals surface area contributed by atoms with Crippen molar-refractivity contribution >= 4 is 11.9 Å². The summed E-state index contributed by atoms with van der Waals surface area (Å²) in [6.45, 7) is 5.95. The summed E-state index contributed by atoms with van der Waals surface area (Å²) < 4.78 is 5.18. The molecule has 1 rings (SSSR count). The van der Waals surface area contributed by atoms with Gasteiger partial charge in [-0.1, -0.05) is 5.11 Å². The Bertz CT molecular complexity index is 586. The Hall–Kier alpha value is -2.60. The smallest absolute Gasteiger partial charge is 0.306 e. The summed E-state index contributed by atoms with van der Waals surface area (Å²) in [4.78, 5) is 30.1. The number of rotatable bonds is 7. The number of aromatic nitrogens is 1. The van der Waals surface area contributed by atoms with E-state index in [0.29, 0.717) is 24.2 Å². The third-order valence-corrected chi connectivity index (χ3v) is 2.65. The number of hydrogen-bond acceptors (Lipinski definition) is 5. The molecule has 1 amide bonds. The third kappa shape index (κ3) is 7.82. The molecule has 0 atom stereocenters. The maximum absolute atomic E-state index is 11.9. The van der Waals surface area contributed by atoms with Crippen LogP contribution in [0.1, 0.15) is 49.7 Å². The highest BCUT2D eigenvalue weighted by Crippen LogP contribution is 2.09. The summed E-state index contributed by atoms with van der Waals surface area (Å²) >= 11 is 0. The summed E-state index contributed by atoms with van der Waals surface area (Å²) in [5, 5.41) is 6.10. The van der Waals surface area contributed by atoms with Gasteiger partial charge in [-0.15, -0.1) is 0 Å². The number of esters is 1. The van der Waals surface area contributed by atoms with Gasteiger partial charge in [-0.25, -0.2) is 0 Å². The van der Waals surface area contributed by atoms with E-state index in [4.69, 9.17) is 10.3 Å². The average molecular weight is 319 g/mol. The molecule has 1 aromatic rings. The summed E-state index contributed by atoms with van der Waals surface area (Å²) in [6.07, 6.45) is 2.18. The fourth-order valence-electron chi connectivity index (χ4n) is 1.69. The first-order valence-electron chi connectivity index (χ1n) is 7.27. The number of carbonyl (C=O) groups is 2. The molecule has 0 aliphatic carbocycles. The van der Waals surface area contributed by atoms with Gasteiger partial charge in [-0.2, -0.15) is 0 Å². The minimum Gasteiger partial charge on any atom is -0.460 e. The first-order valence-corrected chi connectivity index (χ1v) is 7.27. The highest BCUT2D eigenvalue weighted by molar-refractivity contribution is 5.93. The minimum atomic E-state index is -0.497. The first kappa shape index (κ1) is 18.4. The molecule has 8 heteroatoms. The van der Waals surface area contributed by atoms with Gasteiger partial charge in [0, 0.05) is 29.8 Å². The van der Waals surface area contributed by atoms with Gasteiger partial charge in [0.25, 0.3) is 5.91 Å². The predicted octanol–water partition coefficient (Wildman–Crippen LogP) is 2.74. The van der Waals surface area contributed by atoms with E-state index in [2.05, 4.69) is 20.3 Å². The lowest BCUT2D eigenvalue weighted by Gasteiger charge is -2.19. The Morgan fingerprint density at radius 3 is 2.70 bits per heavy atom. The van der Waals surface area contributed by atoms with Crippen LogP contribution in [-0.2, 0) is 16.1 Å². The zero-order valence-corrected chi connectivity index (χ0v) is 13.6. The zero-order chi connectivity index (χ0) is 17.3. The van der Waals surface area contributed by atoms with E-state index in [1.165, 1.54) is 6.20 Å². The number of hydrogen-bond donors (Lipinski definition) is 1. The van der Waals surface area contributed by atoms with Gasteiger partial charge in [0.2, 0.25) is 0 Å². The van der Waals surface area contributed by atoms with Crippen LogP contribution < -0.4 is 5.32 Å². The van der Waals surface area contributed by atoms with Gasteiger partial charge in [0.05, 0.1) is 12.1 Å². The van der Waals surface area contributed by atoms with E-state index in [1.807, 2.05) is 20.8 Å². The Labute approximate surface area is 134 Å². The van der Waals surface area contributed by atoms with Crippen LogP contribution in [0.15, 0.2) is 23.4 Å². The summed E-state index contributed by atoms with van der Waals surface area (Å²) in [5.74, 6) is -0.548. The molecule has 124 valence electrons. The number of azide groups is 1. The quantitative estimate of drug-likeness (QED) is 0.273. The van der Waals surface area contributed by atoms with Crippen molar-refractivity contribution in [2.24, 2.45) is 5.11 Å². The van der Waals surface area contributed by atoms with Crippen LogP contribution in [0.3, 0.4) is 0 Å². The number of amides is 1. The lowest BCUT2D eigenvalue weighted by atomic mass is 10.2. The van der Waals surface area contributed by atoms with Gasteiger partial charge in [0.1, 0.15) is 5.60 Å². The molecule has 0 bridgehead atoms. The van der Waals surface area contributed by atoms with Crippen LogP contribution in [0.4, 0.5) is 0 Å². The lowest BCUT2D eigenvalue weighted by Crippen LogP contribution is -2.27. The van der Waals surface area contributed by atoms with E-state index in [9.17, 15) is 9.59 Å². The van der Waals surface area contributed by atoms with Crippen LogP contribution in [0, 0.1) is 0 Å². The average Bonchev–Trinajstić information content (AvgIpc) is 2.48. The van der Waals surface area contributed by atoms with Crippen molar-refractivity contribution in [3.63, 3.8) is 0 Å². The molecule has 0 spiro atoms.